The van der Waals surface area contributed by atoms with Gasteiger partial charge in [0.25, 0.3) is 0 Å². The van der Waals surface area contributed by atoms with Crippen molar-refractivity contribution in [1.82, 2.24) is 14.4 Å². The average molecular weight is 363 g/mol. The zero-order valence-corrected chi connectivity index (χ0v) is 14.3. The van der Waals surface area contributed by atoms with E-state index in [2.05, 4.69) is 9.97 Å². The summed E-state index contributed by atoms with van der Waals surface area (Å²) < 4.78 is 43.1. The molecule has 0 unspecified atom stereocenters. The van der Waals surface area contributed by atoms with Gasteiger partial charge in [-0.05, 0) is 18.4 Å². The molecule has 8 heteroatoms. The molecule has 0 fully saturated rings. The van der Waals surface area contributed by atoms with Gasteiger partial charge in [0.1, 0.15) is 11.5 Å². The van der Waals surface area contributed by atoms with E-state index in [-0.39, 0.29) is 23.0 Å². The maximum atomic E-state index is 14.3. The first kappa shape index (κ1) is 17.9. The zero-order chi connectivity index (χ0) is 19.2. The minimum absolute atomic E-state index is 0.0503. The molecule has 1 N–H and O–H groups in total. The number of hydrogen-bond acceptors (Lipinski definition) is 3. The van der Waals surface area contributed by atoms with Gasteiger partial charge in [0, 0.05) is 23.5 Å². The number of carboxylic acids is 1. The lowest BCUT2D eigenvalue weighted by Gasteiger charge is -2.13. The molecule has 0 amide bonds. The third-order valence-electron chi connectivity index (χ3n) is 4.11. The number of carbonyl (C=O) groups is 1. The predicted molar refractivity (Wildman–Crippen MR) is 88.7 cm³/mol. The number of rotatable bonds is 4. The third kappa shape index (κ3) is 2.71. The fourth-order valence-electron chi connectivity index (χ4n) is 2.99. The maximum Gasteiger partial charge on any atom is 0.356 e. The summed E-state index contributed by atoms with van der Waals surface area (Å²) in [6.45, 7) is 5.46. The van der Waals surface area contributed by atoms with Crippen LogP contribution in [0.2, 0.25) is 0 Å². The van der Waals surface area contributed by atoms with Crippen molar-refractivity contribution in [2.75, 3.05) is 0 Å². The molecule has 0 radical (unpaired) electrons. The summed E-state index contributed by atoms with van der Waals surface area (Å²) in [7, 11) is 0. The average Bonchev–Trinajstić information content (AvgIpc) is 2.98. The quantitative estimate of drug-likeness (QED) is 0.706. The second-order valence-electron chi connectivity index (χ2n) is 6.17. The van der Waals surface area contributed by atoms with Gasteiger partial charge in [0.05, 0.1) is 5.69 Å². The van der Waals surface area contributed by atoms with E-state index >= 15 is 0 Å². The van der Waals surface area contributed by atoms with E-state index < -0.39 is 29.0 Å². The van der Waals surface area contributed by atoms with Gasteiger partial charge in [0.15, 0.2) is 23.0 Å². The van der Waals surface area contributed by atoms with Crippen LogP contribution >= 0.6 is 0 Å². The number of aromatic nitrogens is 3. The van der Waals surface area contributed by atoms with Gasteiger partial charge >= 0.3 is 5.97 Å². The summed E-state index contributed by atoms with van der Waals surface area (Å²) >= 11 is 0. The smallest absolute Gasteiger partial charge is 0.356 e. The third-order valence-corrected chi connectivity index (χ3v) is 4.11. The Morgan fingerprint density at radius 2 is 1.96 bits per heavy atom. The number of halogens is 3. The summed E-state index contributed by atoms with van der Waals surface area (Å²) in [5, 5.41) is 9.49. The Balaban J connectivity index is 2.47. The van der Waals surface area contributed by atoms with Crippen molar-refractivity contribution in [3.05, 3.63) is 52.9 Å². The van der Waals surface area contributed by atoms with Crippen molar-refractivity contribution < 1.29 is 23.1 Å². The zero-order valence-electron chi connectivity index (χ0n) is 14.3. The minimum atomic E-state index is -1.35. The van der Waals surface area contributed by atoms with Crippen molar-refractivity contribution in [2.45, 2.75) is 33.1 Å². The molecule has 0 saturated carbocycles. The molecule has 0 atom stereocenters. The molecule has 136 valence electrons. The first-order valence-corrected chi connectivity index (χ1v) is 8.04. The number of carboxylic acid groups (broad SMARTS) is 1. The summed E-state index contributed by atoms with van der Waals surface area (Å²) in [6.07, 6.45) is 1.95. The van der Waals surface area contributed by atoms with E-state index in [1.54, 1.807) is 18.2 Å². The molecule has 0 spiro atoms. The summed E-state index contributed by atoms with van der Waals surface area (Å²) in [5.41, 5.74) is 0.408. The van der Waals surface area contributed by atoms with Gasteiger partial charge in [-0.1, -0.05) is 20.8 Å². The fourth-order valence-corrected chi connectivity index (χ4v) is 2.99. The molecule has 0 aliphatic heterocycles. The highest BCUT2D eigenvalue weighted by Crippen LogP contribution is 2.31. The molecule has 0 aliphatic carbocycles. The van der Waals surface area contributed by atoms with Gasteiger partial charge in [-0.3, -0.25) is 9.38 Å². The second-order valence-corrected chi connectivity index (χ2v) is 6.17. The molecule has 1 aromatic carbocycles. The highest BCUT2D eigenvalue weighted by molar-refractivity contribution is 5.90. The number of nitrogens with zero attached hydrogens (tertiary/aromatic N) is 3. The highest BCUT2D eigenvalue weighted by atomic mass is 19.2. The Labute approximate surface area is 147 Å². The van der Waals surface area contributed by atoms with Crippen LogP contribution in [0, 0.1) is 17.5 Å². The van der Waals surface area contributed by atoms with Crippen LogP contribution in [0.5, 0.6) is 0 Å². The van der Waals surface area contributed by atoms with Gasteiger partial charge in [-0.15, -0.1) is 0 Å². The first-order valence-electron chi connectivity index (χ1n) is 8.04. The van der Waals surface area contributed by atoms with Gasteiger partial charge < -0.3 is 5.11 Å². The van der Waals surface area contributed by atoms with E-state index in [0.29, 0.717) is 23.9 Å². The lowest BCUT2D eigenvalue weighted by molar-refractivity contribution is 0.0689. The monoisotopic (exact) mass is 363 g/mol. The molecule has 5 nitrogen and oxygen atoms in total. The first-order chi connectivity index (χ1) is 12.3. The van der Waals surface area contributed by atoms with Gasteiger partial charge in [0.2, 0.25) is 0 Å². The SMILES string of the molecule is CCc1cnc(-c2cc(F)cc(F)c2F)c2nc(C(=O)O)c(C(C)C)n12. The molecule has 3 rings (SSSR count). The molecule has 3 aromatic rings. The standard InChI is InChI=1S/C18H16F3N3O2/c1-4-10-7-22-14(11-5-9(19)6-12(20)13(11)21)17-23-15(18(25)26)16(8(2)3)24(10)17/h5-8H,4H2,1-3H3,(H,25,26). The summed E-state index contributed by atoms with van der Waals surface area (Å²) in [5.74, 6) is -5.03. The van der Waals surface area contributed by atoms with Crippen LogP contribution in [0.1, 0.15) is 48.6 Å². The van der Waals surface area contributed by atoms with Crippen LogP contribution < -0.4 is 0 Å². The van der Waals surface area contributed by atoms with E-state index in [0.717, 1.165) is 6.07 Å². The lowest BCUT2D eigenvalue weighted by atomic mass is 10.1. The number of aromatic carboxylic acids is 1. The molecular weight excluding hydrogens is 347 g/mol. The molecule has 26 heavy (non-hydrogen) atoms. The molecule has 0 bridgehead atoms. The second kappa shape index (κ2) is 6.44. The topological polar surface area (TPSA) is 67.5 Å². The normalized spacial score (nSPS) is 11.5. The Morgan fingerprint density at radius 1 is 1.27 bits per heavy atom. The number of fused-ring (bicyclic) bond motifs is 1. The predicted octanol–water partition coefficient (Wildman–Crippen LogP) is 4.20. The molecule has 2 aromatic heterocycles. The van der Waals surface area contributed by atoms with Crippen molar-refractivity contribution >= 4 is 11.6 Å². The fraction of sp³-hybridized carbons (Fsp3) is 0.278. The van der Waals surface area contributed by atoms with Crippen molar-refractivity contribution in [3.63, 3.8) is 0 Å². The van der Waals surface area contributed by atoms with Crippen molar-refractivity contribution in [1.29, 1.82) is 0 Å². The maximum absolute atomic E-state index is 14.3. The van der Waals surface area contributed by atoms with E-state index in [4.69, 9.17) is 0 Å². The highest BCUT2D eigenvalue weighted by Gasteiger charge is 2.26. The van der Waals surface area contributed by atoms with Gasteiger partial charge in [-0.2, -0.15) is 0 Å². The van der Waals surface area contributed by atoms with Crippen LogP contribution in [-0.4, -0.2) is 25.4 Å². The minimum Gasteiger partial charge on any atom is -0.476 e. The van der Waals surface area contributed by atoms with E-state index in [1.165, 1.54) is 6.20 Å². The molecule has 0 saturated heterocycles. The van der Waals surface area contributed by atoms with Crippen LogP contribution in [0.4, 0.5) is 13.2 Å². The van der Waals surface area contributed by atoms with Crippen LogP contribution in [0.3, 0.4) is 0 Å². The van der Waals surface area contributed by atoms with Gasteiger partial charge in [-0.25, -0.2) is 22.9 Å². The number of aryl methyl sites for hydroxylation is 1. The molecular formula is C18H16F3N3O2. The molecule has 2 heterocycles. The number of imidazole rings is 1. The van der Waals surface area contributed by atoms with E-state index in [1.807, 2.05) is 6.92 Å². The van der Waals surface area contributed by atoms with Crippen molar-refractivity contribution in [3.8, 4) is 11.3 Å². The van der Waals surface area contributed by atoms with Crippen molar-refractivity contribution in [2.24, 2.45) is 0 Å². The van der Waals surface area contributed by atoms with E-state index in [9.17, 15) is 23.1 Å². The van der Waals surface area contributed by atoms with Crippen LogP contribution in [-0.2, 0) is 6.42 Å². The summed E-state index contributed by atoms with van der Waals surface area (Å²) in [4.78, 5) is 19.9. The Hall–Kier alpha value is -2.90. The van der Waals surface area contributed by atoms with Crippen LogP contribution in [0.15, 0.2) is 18.3 Å². The lowest BCUT2D eigenvalue weighted by Crippen LogP contribution is -2.08. The Bertz CT molecular complexity index is 1030. The Kier molecular flexibility index (Phi) is 4.43. The number of hydrogen-bond donors (Lipinski definition) is 1. The Morgan fingerprint density at radius 3 is 2.54 bits per heavy atom. The number of benzene rings is 1. The molecule has 0 aliphatic rings. The summed E-state index contributed by atoms with van der Waals surface area (Å²) in [6, 6.07) is 1.25. The largest absolute Gasteiger partial charge is 0.476 e. The van der Waals surface area contributed by atoms with Crippen LogP contribution in [0.25, 0.3) is 16.9 Å².